The molecule has 0 bridgehead atoms. The van der Waals surface area contributed by atoms with E-state index >= 15 is 0 Å². The molecule has 0 saturated carbocycles. The smallest absolute Gasteiger partial charge is 0.0492 e. The SMILES string of the molecule is Brc1cccc2c1ccn2CC1Cc2ccccc2S1. The standard InChI is InChI=1S/C17H14BrNS/c18-15-5-3-6-16-14(15)8-9-19(16)11-13-10-12-4-1-2-7-17(12)20-13/h1-9,13H,10-11H2. The van der Waals surface area contributed by atoms with E-state index in [0.717, 1.165) is 6.54 Å². The first-order chi connectivity index (χ1) is 9.81. The normalized spacial score (nSPS) is 17.6. The van der Waals surface area contributed by atoms with E-state index in [9.17, 15) is 0 Å². The van der Waals surface area contributed by atoms with Crippen molar-refractivity contribution < 1.29 is 0 Å². The van der Waals surface area contributed by atoms with Gasteiger partial charge < -0.3 is 4.57 Å². The highest BCUT2D eigenvalue weighted by atomic mass is 79.9. The maximum absolute atomic E-state index is 3.63. The largest absolute Gasteiger partial charge is 0.346 e. The molecule has 0 fully saturated rings. The van der Waals surface area contributed by atoms with Crippen LogP contribution in [0.3, 0.4) is 0 Å². The summed E-state index contributed by atoms with van der Waals surface area (Å²) in [5.41, 5.74) is 2.82. The molecule has 1 unspecified atom stereocenters. The molecule has 1 aliphatic rings. The van der Waals surface area contributed by atoms with Crippen molar-refractivity contribution in [3.8, 4) is 0 Å². The summed E-state index contributed by atoms with van der Waals surface area (Å²) in [7, 11) is 0. The summed E-state index contributed by atoms with van der Waals surface area (Å²) in [4.78, 5) is 1.45. The van der Waals surface area contributed by atoms with Crippen LogP contribution in [0, 0.1) is 0 Å². The van der Waals surface area contributed by atoms with Gasteiger partial charge in [0.2, 0.25) is 0 Å². The fourth-order valence-corrected chi connectivity index (χ4v) is 4.73. The lowest BCUT2D eigenvalue weighted by Crippen LogP contribution is -2.11. The fourth-order valence-electron chi connectivity index (χ4n) is 2.92. The van der Waals surface area contributed by atoms with Gasteiger partial charge in [0.25, 0.3) is 0 Å². The van der Waals surface area contributed by atoms with Crippen molar-refractivity contribution in [2.75, 3.05) is 0 Å². The Hall–Kier alpha value is -1.19. The molecule has 3 aromatic rings. The van der Waals surface area contributed by atoms with E-state index in [-0.39, 0.29) is 0 Å². The predicted octanol–water partition coefficient (Wildman–Crippen LogP) is 5.12. The highest BCUT2D eigenvalue weighted by molar-refractivity contribution is 9.10. The van der Waals surface area contributed by atoms with Crippen molar-refractivity contribution in [2.24, 2.45) is 0 Å². The second-order valence-electron chi connectivity index (χ2n) is 5.19. The van der Waals surface area contributed by atoms with Gasteiger partial charge in [-0.3, -0.25) is 0 Å². The molecular weight excluding hydrogens is 330 g/mol. The maximum atomic E-state index is 3.63. The lowest BCUT2D eigenvalue weighted by molar-refractivity contribution is 0.685. The minimum absolute atomic E-state index is 0.641. The zero-order valence-corrected chi connectivity index (χ0v) is 13.3. The third kappa shape index (κ3) is 2.09. The third-order valence-electron chi connectivity index (χ3n) is 3.87. The molecule has 1 atom stereocenters. The van der Waals surface area contributed by atoms with Crippen molar-refractivity contribution in [2.45, 2.75) is 23.1 Å². The molecule has 2 aromatic carbocycles. The highest BCUT2D eigenvalue weighted by Gasteiger charge is 2.22. The minimum atomic E-state index is 0.641. The van der Waals surface area contributed by atoms with E-state index in [1.807, 2.05) is 11.8 Å². The number of thioether (sulfide) groups is 1. The Morgan fingerprint density at radius 2 is 2.00 bits per heavy atom. The number of aromatic nitrogens is 1. The molecule has 0 amide bonds. The van der Waals surface area contributed by atoms with Crippen LogP contribution in [0.15, 0.2) is 64.1 Å². The van der Waals surface area contributed by atoms with Crippen molar-refractivity contribution in [1.82, 2.24) is 4.57 Å². The van der Waals surface area contributed by atoms with Gasteiger partial charge in [0, 0.05) is 38.3 Å². The van der Waals surface area contributed by atoms with E-state index in [2.05, 4.69) is 75.2 Å². The van der Waals surface area contributed by atoms with Crippen LogP contribution in [-0.2, 0) is 13.0 Å². The van der Waals surface area contributed by atoms with Gasteiger partial charge in [-0.05, 0) is 36.2 Å². The van der Waals surface area contributed by atoms with Crippen LogP contribution in [0.1, 0.15) is 5.56 Å². The summed E-state index contributed by atoms with van der Waals surface area (Å²) in [6.07, 6.45) is 3.38. The van der Waals surface area contributed by atoms with E-state index in [1.165, 1.54) is 32.3 Å². The Morgan fingerprint density at radius 1 is 1.10 bits per heavy atom. The average Bonchev–Trinajstić information content (AvgIpc) is 3.04. The highest BCUT2D eigenvalue weighted by Crippen LogP contribution is 2.38. The van der Waals surface area contributed by atoms with Crippen LogP contribution in [0.2, 0.25) is 0 Å². The second kappa shape index (κ2) is 4.97. The van der Waals surface area contributed by atoms with Gasteiger partial charge in [-0.25, -0.2) is 0 Å². The molecule has 0 spiro atoms. The number of hydrogen-bond acceptors (Lipinski definition) is 1. The van der Waals surface area contributed by atoms with Crippen molar-refractivity contribution in [1.29, 1.82) is 0 Å². The van der Waals surface area contributed by atoms with Gasteiger partial charge in [0.15, 0.2) is 0 Å². The van der Waals surface area contributed by atoms with E-state index < -0.39 is 0 Å². The molecule has 1 nitrogen and oxygen atoms in total. The van der Waals surface area contributed by atoms with E-state index in [0.29, 0.717) is 5.25 Å². The van der Waals surface area contributed by atoms with Gasteiger partial charge in [-0.1, -0.05) is 40.2 Å². The van der Waals surface area contributed by atoms with Gasteiger partial charge in [-0.2, -0.15) is 0 Å². The molecule has 0 N–H and O–H groups in total. The van der Waals surface area contributed by atoms with Gasteiger partial charge in [0.1, 0.15) is 0 Å². The summed E-state index contributed by atoms with van der Waals surface area (Å²) in [5.74, 6) is 0. The quantitative estimate of drug-likeness (QED) is 0.625. The molecule has 4 rings (SSSR count). The van der Waals surface area contributed by atoms with Gasteiger partial charge >= 0.3 is 0 Å². The fraction of sp³-hybridized carbons (Fsp3) is 0.176. The lowest BCUT2D eigenvalue weighted by atomic mass is 10.1. The summed E-state index contributed by atoms with van der Waals surface area (Å²) < 4.78 is 3.56. The number of rotatable bonds is 2. The Labute approximate surface area is 131 Å². The summed E-state index contributed by atoms with van der Waals surface area (Å²) >= 11 is 5.64. The predicted molar refractivity (Wildman–Crippen MR) is 89.4 cm³/mol. The van der Waals surface area contributed by atoms with Crippen LogP contribution < -0.4 is 0 Å². The van der Waals surface area contributed by atoms with Gasteiger partial charge in [0.05, 0.1) is 0 Å². The van der Waals surface area contributed by atoms with Crippen LogP contribution >= 0.6 is 27.7 Å². The van der Waals surface area contributed by atoms with Crippen LogP contribution in [0.25, 0.3) is 10.9 Å². The molecule has 100 valence electrons. The molecule has 0 saturated heterocycles. The summed E-state index contributed by atoms with van der Waals surface area (Å²) in [6.45, 7) is 1.07. The minimum Gasteiger partial charge on any atom is -0.346 e. The number of nitrogens with zero attached hydrogens (tertiary/aromatic N) is 1. The number of benzene rings is 2. The van der Waals surface area contributed by atoms with Crippen LogP contribution in [0.5, 0.6) is 0 Å². The summed E-state index contributed by atoms with van der Waals surface area (Å²) in [6, 6.07) is 17.4. The second-order valence-corrected chi connectivity index (χ2v) is 7.39. The van der Waals surface area contributed by atoms with Crippen molar-refractivity contribution in [3.05, 3.63) is 64.8 Å². The number of hydrogen-bond donors (Lipinski definition) is 0. The molecule has 2 heterocycles. The van der Waals surface area contributed by atoms with Crippen LogP contribution in [-0.4, -0.2) is 9.82 Å². The molecule has 0 radical (unpaired) electrons. The zero-order chi connectivity index (χ0) is 13.5. The third-order valence-corrected chi connectivity index (χ3v) is 5.87. The topological polar surface area (TPSA) is 4.93 Å². The van der Waals surface area contributed by atoms with Crippen molar-refractivity contribution in [3.63, 3.8) is 0 Å². The Morgan fingerprint density at radius 3 is 2.90 bits per heavy atom. The first-order valence-corrected chi connectivity index (χ1v) is 8.46. The molecule has 1 aromatic heterocycles. The number of halogens is 1. The van der Waals surface area contributed by atoms with E-state index in [1.54, 1.807) is 0 Å². The van der Waals surface area contributed by atoms with E-state index in [4.69, 9.17) is 0 Å². The number of fused-ring (bicyclic) bond motifs is 2. The Kier molecular flexibility index (Phi) is 3.12. The average molecular weight is 344 g/mol. The first kappa shape index (κ1) is 12.5. The maximum Gasteiger partial charge on any atom is 0.0492 e. The Balaban J connectivity index is 1.62. The summed E-state index contributed by atoms with van der Waals surface area (Å²) in [5, 5.41) is 1.94. The molecule has 20 heavy (non-hydrogen) atoms. The monoisotopic (exact) mass is 343 g/mol. The van der Waals surface area contributed by atoms with Gasteiger partial charge in [-0.15, -0.1) is 11.8 Å². The molecule has 3 heteroatoms. The zero-order valence-electron chi connectivity index (χ0n) is 10.9. The Bertz CT molecular complexity index is 753. The first-order valence-electron chi connectivity index (χ1n) is 6.79. The lowest BCUT2D eigenvalue weighted by Gasteiger charge is -2.11. The van der Waals surface area contributed by atoms with Crippen LogP contribution in [0.4, 0.5) is 0 Å². The molecule has 1 aliphatic heterocycles. The molecular formula is C17H14BrNS. The molecule has 0 aliphatic carbocycles. The van der Waals surface area contributed by atoms with Crippen molar-refractivity contribution >= 4 is 38.6 Å².